The molecule has 2 aliphatic rings. The van der Waals surface area contributed by atoms with Gasteiger partial charge in [0.05, 0.1) is 30.9 Å². The quantitative estimate of drug-likeness (QED) is 0.496. The largest absolute Gasteiger partial charge is 0.495 e. The topological polar surface area (TPSA) is 51.9 Å². The fourth-order valence-corrected chi connectivity index (χ4v) is 4.45. The molecule has 0 spiro atoms. The molecule has 5 rings (SSSR count). The monoisotopic (exact) mass is 468 g/mol. The maximum absolute atomic E-state index is 13.9. The molecule has 0 aliphatic carbocycles. The molecule has 0 radical (unpaired) electrons. The summed E-state index contributed by atoms with van der Waals surface area (Å²) in [5.41, 5.74) is 3.94. The van der Waals surface area contributed by atoms with Crippen molar-refractivity contribution in [3.63, 3.8) is 0 Å². The van der Waals surface area contributed by atoms with Gasteiger partial charge in [-0.15, -0.1) is 0 Å². The summed E-state index contributed by atoms with van der Waals surface area (Å²) >= 11 is 0. The summed E-state index contributed by atoms with van der Waals surface area (Å²) < 4.78 is 48.7. The van der Waals surface area contributed by atoms with Crippen LogP contribution in [0.5, 0.6) is 5.75 Å². The molecule has 0 amide bonds. The third-order valence-corrected chi connectivity index (χ3v) is 6.09. The molecule has 6 nitrogen and oxygen atoms in total. The molecule has 2 aliphatic heterocycles. The smallest absolute Gasteiger partial charge is 0.194 e. The van der Waals surface area contributed by atoms with Gasteiger partial charge < -0.3 is 19.0 Å². The van der Waals surface area contributed by atoms with Crippen LogP contribution < -0.4 is 4.74 Å². The van der Waals surface area contributed by atoms with Crippen LogP contribution in [0.25, 0.3) is 11.8 Å². The van der Waals surface area contributed by atoms with Crippen LogP contribution in [0.1, 0.15) is 35.7 Å². The number of hydrogen-bond donors (Lipinski definition) is 0. The molecular weight excluding hydrogens is 445 g/mol. The summed E-state index contributed by atoms with van der Waals surface area (Å²) in [5, 5.41) is 4.25. The molecule has 3 heterocycles. The van der Waals surface area contributed by atoms with E-state index in [1.54, 1.807) is 13.4 Å². The number of nitrogens with zero attached hydrogens (tertiary/aromatic N) is 4. The van der Waals surface area contributed by atoms with Crippen LogP contribution in [0.4, 0.5) is 13.2 Å². The van der Waals surface area contributed by atoms with E-state index in [0.717, 1.165) is 47.5 Å². The van der Waals surface area contributed by atoms with Crippen molar-refractivity contribution in [1.82, 2.24) is 14.5 Å². The number of ether oxygens (including phenoxy) is 1. The molecule has 3 aromatic rings. The summed E-state index contributed by atoms with van der Waals surface area (Å²) in [6.07, 6.45) is 7.26. The number of piperidine rings is 1. The number of imidazole rings is 1. The molecule has 34 heavy (non-hydrogen) atoms. The molecule has 1 fully saturated rings. The molecule has 1 atom stereocenters. The second-order valence-electron chi connectivity index (χ2n) is 8.35. The molecule has 1 unspecified atom stereocenters. The first kappa shape index (κ1) is 22.1. The number of fused-ring (bicyclic) bond motifs is 1. The van der Waals surface area contributed by atoms with Gasteiger partial charge >= 0.3 is 0 Å². The van der Waals surface area contributed by atoms with E-state index in [2.05, 4.69) is 10.1 Å². The first-order chi connectivity index (χ1) is 16.4. The van der Waals surface area contributed by atoms with Crippen molar-refractivity contribution in [2.45, 2.75) is 25.8 Å². The molecule has 0 N–H and O–H groups in total. The van der Waals surface area contributed by atoms with Crippen molar-refractivity contribution in [2.75, 3.05) is 20.3 Å². The van der Waals surface area contributed by atoms with E-state index in [-0.39, 0.29) is 6.61 Å². The summed E-state index contributed by atoms with van der Waals surface area (Å²) in [7, 11) is 1.62. The highest BCUT2D eigenvalue weighted by Crippen LogP contribution is 2.34. The normalized spacial score (nSPS) is 19.0. The number of oxime groups is 1. The summed E-state index contributed by atoms with van der Waals surface area (Å²) in [6, 6.07) is 7.44. The van der Waals surface area contributed by atoms with E-state index in [9.17, 15) is 13.2 Å². The summed E-state index contributed by atoms with van der Waals surface area (Å²) in [6.45, 7) is 2.69. The van der Waals surface area contributed by atoms with Gasteiger partial charge in [-0.2, -0.15) is 0 Å². The number of benzene rings is 2. The Balaban J connectivity index is 1.46. The van der Waals surface area contributed by atoms with E-state index in [4.69, 9.17) is 9.57 Å². The van der Waals surface area contributed by atoms with Crippen LogP contribution in [0.15, 0.2) is 53.6 Å². The first-order valence-corrected chi connectivity index (χ1v) is 11.0. The highest BCUT2D eigenvalue weighted by molar-refractivity contribution is 6.03. The lowest BCUT2D eigenvalue weighted by molar-refractivity contribution is 0.0572. The van der Waals surface area contributed by atoms with Crippen LogP contribution in [0.2, 0.25) is 0 Å². The number of methoxy groups -OCH3 is 1. The van der Waals surface area contributed by atoms with Crippen molar-refractivity contribution in [3.05, 3.63) is 82.7 Å². The van der Waals surface area contributed by atoms with E-state index < -0.39 is 23.5 Å². The molecule has 9 heteroatoms. The summed E-state index contributed by atoms with van der Waals surface area (Å²) in [5.74, 6) is -2.60. The van der Waals surface area contributed by atoms with Crippen LogP contribution in [-0.2, 0) is 4.84 Å². The number of rotatable bonds is 4. The molecular formula is C25H23F3N4O2. The van der Waals surface area contributed by atoms with Gasteiger partial charge in [0.15, 0.2) is 23.3 Å². The third-order valence-electron chi connectivity index (χ3n) is 6.09. The maximum Gasteiger partial charge on any atom is 0.194 e. The minimum atomic E-state index is -1.48. The molecule has 176 valence electrons. The standard InChI is InChI=1S/C25H23F3N4O2/c1-15-12-31(14-29-15)21-6-5-16(9-23(21)33-2)8-17-4-3-7-32-22(13-34-30-25(17)32)18-10-19(26)24(28)20(27)11-18/h5-6,8-12,14,22H,3-4,7,13H2,1-2H3/b17-8-. The van der Waals surface area contributed by atoms with Crippen LogP contribution >= 0.6 is 0 Å². The number of halogens is 3. The van der Waals surface area contributed by atoms with Crippen molar-refractivity contribution in [2.24, 2.45) is 5.16 Å². The first-order valence-electron chi connectivity index (χ1n) is 11.0. The van der Waals surface area contributed by atoms with Crippen molar-refractivity contribution in [3.8, 4) is 11.4 Å². The van der Waals surface area contributed by atoms with Crippen molar-refractivity contribution >= 4 is 11.9 Å². The van der Waals surface area contributed by atoms with Crippen molar-refractivity contribution in [1.29, 1.82) is 0 Å². The Morgan fingerprint density at radius 2 is 1.94 bits per heavy atom. The van der Waals surface area contributed by atoms with Gasteiger partial charge in [-0.1, -0.05) is 11.2 Å². The zero-order valence-corrected chi connectivity index (χ0v) is 18.8. The fourth-order valence-electron chi connectivity index (χ4n) is 4.45. The molecule has 0 saturated carbocycles. The Bertz CT molecular complexity index is 1280. The van der Waals surface area contributed by atoms with Gasteiger partial charge in [-0.05, 0) is 66.8 Å². The Kier molecular flexibility index (Phi) is 5.77. The SMILES string of the molecule is COc1cc(/C=C2/CCCN3C2=NOCC3c2cc(F)c(F)c(F)c2)ccc1-n1cnc(C)c1. The molecule has 2 aromatic carbocycles. The Hall–Kier alpha value is -3.75. The lowest BCUT2D eigenvalue weighted by atomic mass is 9.96. The van der Waals surface area contributed by atoms with Gasteiger partial charge in [0, 0.05) is 12.7 Å². The average molecular weight is 468 g/mol. The van der Waals surface area contributed by atoms with E-state index in [1.165, 1.54) is 0 Å². The second-order valence-corrected chi connectivity index (χ2v) is 8.35. The molecule has 0 bridgehead atoms. The zero-order valence-electron chi connectivity index (χ0n) is 18.8. The Morgan fingerprint density at radius 3 is 2.65 bits per heavy atom. The van der Waals surface area contributed by atoms with Gasteiger partial charge in [0.2, 0.25) is 0 Å². The van der Waals surface area contributed by atoms with Gasteiger partial charge in [-0.25, -0.2) is 18.2 Å². The average Bonchev–Trinajstić information content (AvgIpc) is 3.28. The fraction of sp³-hybridized carbons (Fsp3) is 0.280. The van der Waals surface area contributed by atoms with Gasteiger partial charge in [0.25, 0.3) is 0 Å². The highest BCUT2D eigenvalue weighted by atomic mass is 19.2. The lowest BCUT2D eigenvalue weighted by Gasteiger charge is -2.40. The van der Waals surface area contributed by atoms with E-state index >= 15 is 0 Å². The Morgan fingerprint density at radius 1 is 1.15 bits per heavy atom. The van der Waals surface area contributed by atoms with Gasteiger partial charge in [0.1, 0.15) is 12.4 Å². The van der Waals surface area contributed by atoms with Crippen LogP contribution in [-0.4, -0.2) is 40.5 Å². The minimum absolute atomic E-state index is 0.119. The maximum atomic E-state index is 13.9. The molecule has 1 aromatic heterocycles. The lowest BCUT2D eigenvalue weighted by Crippen LogP contribution is -2.44. The van der Waals surface area contributed by atoms with Crippen LogP contribution in [0, 0.1) is 24.4 Å². The molecule has 1 saturated heterocycles. The van der Waals surface area contributed by atoms with E-state index in [0.29, 0.717) is 23.7 Å². The Labute approximate surface area is 194 Å². The second kappa shape index (κ2) is 8.89. The minimum Gasteiger partial charge on any atom is -0.495 e. The van der Waals surface area contributed by atoms with Crippen LogP contribution in [0.3, 0.4) is 0 Å². The van der Waals surface area contributed by atoms with E-state index in [1.807, 2.05) is 46.9 Å². The number of aryl methyl sites for hydroxylation is 1. The predicted molar refractivity (Wildman–Crippen MR) is 121 cm³/mol. The predicted octanol–water partition coefficient (Wildman–Crippen LogP) is 5.17. The zero-order chi connectivity index (χ0) is 23.8. The summed E-state index contributed by atoms with van der Waals surface area (Å²) in [4.78, 5) is 11.7. The third kappa shape index (κ3) is 4.02. The van der Waals surface area contributed by atoms with Crippen molar-refractivity contribution < 1.29 is 22.7 Å². The van der Waals surface area contributed by atoms with Gasteiger partial charge in [-0.3, -0.25) is 0 Å². The highest BCUT2D eigenvalue weighted by Gasteiger charge is 2.34. The number of hydrogen-bond acceptors (Lipinski definition) is 5. The number of amidine groups is 1. The number of aromatic nitrogens is 2.